The number of rotatable bonds is 5. The molecule has 1 N–H and O–H groups in total. The molecule has 2 heterocycles. The maximum Gasteiger partial charge on any atom is 0.387 e. The molecule has 9 heteroatoms. The quantitative estimate of drug-likeness (QED) is 0.555. The predicted octanol–water partition coefficient (Wildman–Crippen LogP) is 5.31. The highest BCUT2D eigenvalue weighted by Crippen LogP contribution is 2.41. The SMILES string of the molecule is CC(C)c1ccc([C@H]2C[C@@H](c3cc(Br)ccc3OC(F)F)n3nnnc3N2)cc1. The first-order chi connectivity index (χ1) is 13.9. The predicted molar refractivity (Wildman–Crippen MR) is 108 cm³/mol. The molecule has 3 aromatic rings. The molecule has 0 spiro atoms. The van der Waals surface area contributed by atoms with Gasteiger partial charge in [0, 0.05) is 10.0 Å². The lowest BCUT2D eigenvalue weighted by Gasteiger charge is -2.32. The molecule has 0 unspecified atom stereocenters. The maximum absolute atomic E-state index is 13.0. The van der Waals surface area contributed by atoms with Crippen LogP contribution in [-0.2, 0) is 0 Å². The molecule has 0 saturated heterocycles. The fraction of sp³-hybridized carbons (Fsp3) is 0.350. The molecule has 0 amide bonds. The third-order valence-corrected chi connectivity index (χ3v) is 5.60. The van der Waals surface area contributed by atoms with Crippen molar-refractivity contribution < 1.29 is 13.5 Å². The highest BCUT2D eigenvalue weighted by atomic mass is 79.9. The van der Waals surface area contributed by atoms with Gasteiger partial charge in [-0.1, -0.05) is 59.1 Å². The Hall–Kier alpha value is -2.55. The van der Waals surface area contributed by atoms with Crippen molar-refractivity contribution in [1.29, 1.82) is 0 Å². The number of ether oxygens (including phenoxy) is 1. The molecule has 1 aromatic heterocycles. The van der Waals surface area contributed by atoms with E-state index in [-0.39, 0.29) is 17.8 Å². The molecule has 1 aliphatic heterocycles. The third kappa shape index (κ3) is 4.10. The number of benzene rings is 2. The molecule has 0 aliphatic carbocycles. The molecule has 0 saturated carbocycles. The number of halogens is 3. The van der Waals surface area contributed by atoms with Crippen molar-refractivity contribution in [2.75, 3.05) is 5.32 Å². The number of nitrogens with zero attached hydrogens (tertiary/aromatic N) is 4. The van der Waals surface area contributed by atoms with E-state index in [1.54, 1.807) is 16.8 Å². The minimum Gasteiger partial charge on any atom is -0.434 e. The van der Waals surface area contributed by atoms with Gasteiger partial charge in [-0.25, -0.2) is 4.68 Å². The Bertz CT molecular complexity index is 993. The Labute approximate surface area is 175 Å². The van der Waals surface area contributed by atoms with E-state index in [2.05, 4.69) is 74.9 Å². The van der Waals surface area contributed by atoms with Gasteiger partial charge in [0.2, 0.25) is 5.95 Å². The minimum absolute atomic E-state index is 0.0712. The summed E-state index contributed by atoms with van der Waals surface area (Å²) < 4.78 is 33.1. The van der Waals surface area contributed by atoms with E-state index in [0.29, 0.717) is 23.9 Å². The van der Waals surface area contributed by atoms with Crippen LogP contribution in [0, 0.1) is 0 Å². The van der Waals surface area contributed by atoms with E-state index in [0.717, 1.165) is 10.0 Å². The molecule has 1 aliphatic rings. The van der Waals surface area contributed by atoms with Crippen molar-refractivity contribution in [2.24, 2.45) is 0 Å². The fourth-order valence-electron chi connectivity index (χ4n) is 3.61. The highest BCUT2D eigenvalue weighted by Gasteiger charge is 2.33. The summed E-state index contributed by atoms with van der Waals surface area (Å²) in [5.74, 6) is 1.05. The van der Waals surface area contributed by atoms with Crippen molar-refractivity contribution in [3.63, 3.8) is 0 Å². The highest BCUT2D eigenvalue weighted by molar-refractivity contribution is 9.10. The average molecular weight is 464 g/mol. The van der Waals surface area contributed by atoms with E-state index >= 15 is 0 Å². The summed E-state index contributed by atoms with van der Waals surface area (Å²) in [6, 6.07) is 12.9. The van der Waals surface area contributed by atoms with Gasteiger partial charge in [-0.05, 0) is 52.1 Å². The molecule has 2 aromatic carbocycles. The Balaban J connectivity index is 1.72. The molecule has 29 heavy (non-hydrogen) atoms. The molecule has 0 radical (unpaired) electrons. The minimum atomic E-state index is -2.91. The second-order valence-corrected chi connectivity index (χ2v) is 8.19. The van der Waals surface area contributed by atoms with E-state index in [4.69, 9.17) is 4.74 Å². The summed E-state index contributed by atoms with van der Waals surface area (Å²) in [5, 5.41) is 15.2. The van der Waals surface area contributed by atoms with Crippen LogP contribution < -0.4 is 10.1 Å². The van der Waals surface area contributed by atoms with Gasteiger partial charge in [0.15, 0.2) is 0 Å². The number of alkyl halides is 2. The van der Waals surface area contributed by atoms with E-state index in [1.165, 1.54) is 11.6 Å². The van der Waals surface area contributed by atoms with Gasteiger partial charge < -0.3 is 10.1 Å². The van der Waals surface area contributed by atoms with Crippen LogP contribution in [0.2, 0.25) is 0 Å². The average Bonchev–Trinajstić information content (AvgIpc) is 3.17. The van der Waals surface area contributed by atoms with Gasteiger partial charge in [-0.3, -0.25) is 0 Å². The zero-order valence-electron chi connectivity index (χ0n) is 15.9. The first-order valence-electron chi connectivity index (χ1n) is 9.31. The lowest BCUT2D eigenvalue weighted by Crippen LogP contribution is -2.28. The molecule has 2 atom stereocenters. The van der Waals surface area contributed by atoms with Crippen LogP contribution in [0.4, 0.5) is 14.7 Å². The second kappa shape index (κ2) is 8.06. The van der Waals surface area contributed by atoms with Gasteiger partial charge in [0.05, 0.1) is 12.1 Å². The summed E-state index contributed by atoms with van der Waals surface area (Å²) in [6.07, 6.45) is 0.578. The largest absolute Gasteiger partial charge is 0.434 e. The van der Waals surface area contributed by atoms with Crippen molar-refractivity contribution in [2.45, 2.75) is 44.9 Å². The number of tetrazole rings is 1. The summed E-state index contributed by atoms with van der Waals surface area (Å²) in [7, 11) is 0. The standard InChI is InChI=1S/C20H20BrF2N5O/c1-11(2)12-3-5-13(6-4-12)16-10-17(28-20(24-16)25-26-27-28)15-9-14(21)7-8-18(15)29-19(22)23/h3-9,11,16-17,19H,10H2,1-2H3,(H,24,25,27)/t16-,17+/m1/s1. The molecule has 152 valence electrons. The summed E-state index contributed by atoms with van der Waals surface area (Å²) >= 11 is 3.42. The smallest absolute Gasteiger partial charge is 0.387 e. The molecule has 6 nitrogen and oxygen atoms in total. The first-order valence-corrected chi connectivity index (χ1v) is 10.1. The van der Waals surface area contributed by atoms with Crippen molar-refractivity contribution >= 4 is 21.9 Å². The van der Waals surface area contributed by atoms with Crippen LogP contribution in [0.25, 0.3) is 0 Å². The molecular weight excluding hydrogens is 444 g/mol. The zero-order valence-corrected chi connectivity index (χ0v) is 17.5. The number of hydrogen-bond acceptors (Lipinski definition) is 5. The topological polar surface area (TPSA) is 64.9 Å². The Kier molecular flexibility index (Phi) is 5.49. The summed E-state index contributed by atoms with van der Waals surface area (Å²) in [6.45, 7) is 1.38. The Morgan fingerprint density at radius 3 is 2.62 bits per heavy atom. The van der Waals surface area contributed by atoms with Crippen molar-refractivity contribution in [3.05, 3.63) is 63.6 Å². The third-order valence-electron chi connectivity index (χ3n) is 5.10. The van der Waals surface area contributed by atoms with E-state index in [1.807, 2.05) is 0 Å². The van der Waals surface area contributed by atoms with Crippen LogP contribution in [0.1, 0.15) is 55.0 Å². The number of fused-ring (bicyclic) bond motifs is 1. The van der Waals surface area contributed by atoms with Crippen LogP contribution in [0.15, 0.2) is 46.9 Å². The normalized spacial score (nSPS) is 18.6. The lowest BCUT2D eigenvalue weighted by atomic mass is 9.91. The second-order valence-electron chi connectivity index (χ2n) is 7.28. The Morgan fingerprint density at radius 2 is 1.93 bits per heavy atom. The van der Waals surface area contributed by atoms with Crippen LogP contribution in [0.5, 0.6) is 5.75 Å². The van der Waals surface area contributed by atoms with Gasteiger partial charge in [-0.2, -0.15) is 8.78 Å². The molecule has 4 rings (SSSR count). The van der Waals surface area contributed by atoms with Crippen LogP contribution >= 0.6 is 15.9 Å². The lowest BCUT2D eigenvalue weighted by molar-refractivity contribution is -0.0508. The number of anilines is 1. The van der Waals surface area contributed by atoms with Crippen molar-refractivity contribution in [3.8, 4) is 5.75 Å². The summed E-state index contributed by atoms with van der Waals surface area (Å²) in [4.78, 5) is 0. The van der Waals surface area contributed by atoms with E-state index < -0.39 is 6.61 Å². The van der Waals surface area contributed by atoms with E-state index in [9.17, 15) is 8.78 Å². The van der Waals surface area contributed by atoms with Crippen molar-refractivity contribution in [1.82, 2.24) is 20.2 Å². The zero-order chi connectivity index (χ0) is 20.5. The van der Waals surface area contributed by atoms with Gasteiger partial charge >= 0.3 is 6.61 Å². The molecule has 0 fully saturated rings. The van der Waals surface area contributed by atoms with Gasteiger partial charge in [0.1, 0.15) is 5.75 Å². The monoisotopic (exact) mass is 463 g/mol. The molecular formula is C20H20BrF2N5O. The van der Waals surface area contributed by atoms with Gasteiger partial charge in [0.25, 0.3) is 0 Å². The summed E-state index contributed by atoms with van der Waals surface area (Å²) in [5.41, 5.74) is 2.93. The first kappa shape index (κ1) is 19.8. The fourth-order valence-corrected chi connectivity index (χ4v) is 3.99. The Morgan fingerprint density at radius 1 is 1.17 bits per heavy atom. The molecule has 0 bridgehead atoms. The van der Waals surface area contributed by atoms with Crippen LogP contribution in [-0.4, -0.2) is 26.8 Å². The number of hydrogen-bond donors (Lipinski definition) is 1. The number of nitrogens with one attached hydrogen (secondary N) is 1. The van der Waals surface area contributed by atoms with Gasteiger partial charge in [-0.15, -0.1) is 0 Å². The maximum atomic E-state index is 13.0. The van der Waals surface area contributed by atoms with Crippen LogP contribution in [0.3, 0.4) is 0 Å². The number of aromatic nitrogens is 4.